The van der Waals surface area contributed by atoms with Crippen molar-refractivity contribution in [3.05, 3.63) is 40.8 Å². The third-order valence-electron chi connectivity index (χ3n) is 1.32. The van der Waals surface area contributed by atoms with E-state index >= 15 is 0 Å². The lowest BCUT2D eigenvalue weighted by atomic mass is 10.2. The SMILES string of the molecule is O=C(O)C(S)=Cc1ccccc1. The normalized spacial score (nSPS) is 11.2. The fourth-order valence-electron chi connectivity index (χ4n) is 0.769. The molecular weight excluding hydrogens is 172 g/mol. The van der Waals surface area contributed by atoms with Gasteiger partial charge in [-0.3, -0.25) is 0 Å². The Morgan fingerprint density at radius 2 is 1.92 bits per heavy atom. The highest BCUT2D eigenvalue weighted by atomic mass is 32.1. The summed E-state index contributed by atoms with van der Waals surface area (Å²) >= 11 is 3.80. The lowest BCUT2D eigenvalue weighted by molar-refractivity contribution is -0.131. The van der Waals surface area contributed by atoms with Crippen LogP contribution in [0.25, 0.3) is 6.08 Å². The second kappa shape index (κ2) is 3.97. The largest absolute Gasteiger partial charge is 0.477 e. The third kappa shape index (κ3) is 2.43. The Morgan fingerprint density at radius 3 is 2.42 bits per heavy atom. The molecule has 0 heterocycles. The maximum absolute atomic E-state index is 10.4. The Balaban J connectivity index is 2.89. The third-order valence-corrected chi connectivity index (χ3v) is 1.64. The van der Waals surface area contributed by atoms with Crippen LogP contribution in [-0.4, -0.2) is 11.1 Å². The first kappa shape index (κ1) is 8.87. The summed E-state index contributed by atoms with van der Waals surface area (Å²) in [5, 5.41) is 8.50. The number of carboxylic acid groups (broad SMARTS) is 1. The van der Waals surface area contributed by atoms with E-state index in [-0.39, 0.29) is 4.91 Å². The molecule has 0 aliphatic carbocycles. The van der Waals surface area contributed by atoms with Crippen LogP contribution in [0.5, 0.6) is 0 Å². The van der Waals surface area contributed by atoms with E-state index in [0.717, 1.165) is 5.56 Å². The molecule has 0 aromatic heterocycles. The average molecular weight is 180 g/mol. The Kier molecular flexibility index (Phi) is 2.94. The average Bonchev–Trinajstić information content (AvgIpc) is 2.06. The van der Waals surface area contributed by atoms with Gasteiger partial charge in [-0.25, -0.2) is 4.79 Å². The van der Waals surface area contributed by atoms with Crippen LogP contribution in [0.15, 0.2) is 35.2 Å². The van der Waals surface area contributed by atoms with Crippen LogP contribution in [0.4, 0.5) is 0 Å². The summed E-state index contributed by atoms with van der Waals surface area (Å²) < 4.78 is 0. The molecule has 0 atom stereocenters. The standard InChI is InChI=1S/C9H8O2S/c10-9(11)8(12)6-7-4-2-1-3-5-7/h1-6,12H,(H,10,11). The first-order valence-electron chi connectivity index (χ1n) is 3.39. The summed E-state index contributed by atoms with van der Waals surface area (Å²) in [6.07, 6.45) is 1.51. The van der Waals surface area contributed by atoms with E-state index in [1.54, 1.807) is 0 Å². The predicted molar refractivity (Wildman–Crippen MR) is 51.0 cm³/mol. The molecule has 1 aromatic rings. The van der Waals surface area contributed by atoms with Gasteiger partial charge in [-0.2, -0.15) is 0 Å². The zero-order chi connectivity index (χ0) is 8.97. The lowest BCUT2D eigenvalue weighted by Gasteiger charge is -1.92. The number of rotatable bonds is 2. The van der Waals surface area contributed by atoms with Crippen molar-refractivity contribution in [2.45, 2.75) is 0 Å². The monoisotopic (exact) mass is 180 g/mol. The quantitative estimate of drug-likeness (QED) is 0.540. The number of carboxylic acids is 1. The first-order chi connectivity index (χ1) is 5.70. The van der Waals surface area contributed by atoms with Gasteiger partial charge >= 0.3 is 5.97 Å². The fraction of sp³-hybridized carbons (Fsp3) is 0. The van der Waals surface area contributed by atoms with Gasteiger partial charge in [0.2, 0.25) is 0 Å². The Hall–Kier alpha value is -1.22. The van der Waals surface area contributed by atoms with Crippen LogP contribution >= 0.6 is 12.6 Å². The summed E-state index contributed by atoms with van der Waals surface area (Å²) in [4.78, 5) is 10.4. The van der Waals surface area contributed by atoms with Crippen molar-refractivity contribution in [1.29, 1.82) is 0 Å². The smallest absolute Gasteiger partial charge is 0.341 e. The van der Waals surface area contributed by atoms with Crippen molar-refractivity contribution in [3.8, 4) is 0 Å². The van der Waals surface area contributed by atoms with E-state index in [9.17, 15) is 4.79 Å². The molecule has 1 rings (SSSR count). The minimum Gasteiger partial charge on any atom is -0.477 e. The van der Waals surface area contributed by atoms with Crippen LogP contribution in [0.2, 0.25) is 0 Å². The molecule has 0 bridgehead atoms. The van der Waals surface area contributed by atoms with Gasteiger partial charge in [-0.15, -0.1) is 12.6 Å². The maximum Gasteiger partial charge on any atom is 0.341 e. The molecular formula is C9H8O2S. The molecule has 12 heavy (non-hydrogen) atoms. The number of thiol groups is 1. The molecule has 62 valence electrons. The number of hydrogen-bond acceptors (Lipinski definition) is 2. The van der Waals surface area contributed by atoms with Crippen molar-refractivity contribution < 1.29 is 9.90 Å². The summed E-state index contributed by atoms with van der Waals surface area (Å²) in [6.45, 7) is 0. The Labute approximate surface area is 75.9 Å². The van der Waals surface area contributed by atoms with Gasteiger partial charge in [-0.05, 0) is 11.6 Å². The topological polar surface area (TPSA) is 37.3 Å². The van der Waals surface area contributed by atoms with Gasteiger partial charge in [0.1, 0.15) is 0 Å². The van der Waals surface area contributed by atoms with Crippen LogP contribution in [0.1, 0.15) is 5.56 Å². The van der Waals surface area contributed by atoms with E-state index in [2.05, 4.69) is 12.6 Å². The molecule has 0 unspecified atom stereocenters. The van der Waals surface area contributed by atoms with Crippen LogP contribution in [0.3, 0.4) is 0 Å². The lowest BCUT2D eigenvalue weighted by Crippen LogP contribution is -1.92. The van der Waals surface area contributed by atoms with Gasteiger partial charge < -0.3 is 5.11 Å². The molecule has 0 saturated carbocycles. The van der Waals surface area contributed by atoms with Crippen molar-refractivity contribution in [3.63, 3.8) is 0 Å². The summed E-state index contributed by atoms with van der Waals surface area (Å²) in [6, 6.07) is 9.19. The highest BCUT2D eigenvalue weighted by Gasteiger charge is 1.99. The van der Waals surface area contributed by atoms with Crippen molar-refractivity contribution in [1.82, 2.24) is 0 Å². The minimum absolute atomic E-state index is 0.0428. The van der Waals surface area contributed by atoms with Crippen molar-refractivity contribution in [2.24, 2.45) is 0 Å². The minimum atomic E-state index is -1.01. The number of aliphatic carboxylic acids is 1. The molecule has 0 spiro atoms. The molecule has 2 nitrogen and oxygen atoms in total. The van der Waals surface area contributed by atoms with E-state index < -0.39 is 5.97 Å². The van der Waals surface area contributed by atoms with Gasteiger partial charge in [0, 0.05) is 0 Å². The van der Waals surface area contributed by atoms with E-state index in [4.69, 9.17) is 5.11 Å². The zero-order valence-electron chi connectivity index (χ0n) is 6.27. The predicted octanol–water partition coefficient (Wildman–Crippen LogP) is 2.04. The molecule has 1 aromatic carbocycles. The number of benzene rings is 1. The second-order valence-electron chi connectivity index (χ2n) is 2.25. The first-order valence-corrected chi connectivity index (χ1v) is 3.84. The highest BCUT2D eigenvalue weighted by molar-refractivity contribution is 7.85. The maximum atomic E-state index is 10.4. The number of hydrogen-bond donors (Lipinski definition) is 2. The number of carbonyl (C=O) groups is 1. The molecule has 0 radical (unpaired) electrons. The van der Waals surface area contributed by atoms with Gasteiger partial charge in [0.25, 0.3) is 0 Å². The Bertz CT molecular complexity index is 304. The molecule has 0 amide bonds. The van der Waals surface area contributed by atoms with E-state index in [1.165, 1.54) is 6.08 Å². The highest BCUT2D eigenvalue weighted by Crippen LogP contribution is 2.08. The zero-order valence-corrected chi connectivity index (χ0v) is 7.16. The summed E-state index contributed by atoms with van der Waals surface area (Å²) in [5.74, 6) is -1.01. The molecule has 0 aliphatic heterocycles. The van der Waals surface area contributed by atoms with Gasteiger partial charge in [0.05, 0.1) is 4.91 Å². The molecule has 0 aliphatic rings. The summed E-state index contributed by atoms with van der Waals surface area (Å²) in [7, 11) is 0. The second-order valence-corrected chi connectivity index (χ2v) is 2.73. The van der Waals surface area contributed by atoms with Crippen LogP contribution in [0, 0.1) is 0 Å². The molecule has 3 heteroatoms. The molecule has 1 N–H and O–H groups in total. The van der Waals surface area contributed by atoms with Crippen LogP contribution in [-0.2, 0) is 4.79 Å². The summed E-state index contributed by atoms with van der Waals surface area (Å²) in [5.41, 5.74) is 0.838. The van der Waals surface area contributed by atoms with Crippen molar-refractivity contribution >= 4 is 24.7 Å². The Morgan fingerprint density at radius 1 is 1.33 bits per heavy atom. The van der Waals surface area contributed by atoms with Gasteiger partial charge in [-0.1, -0.05) is 30.3 Å². The molecule has 0 fully saturated rings. The van der Waals surface area contributed by atoms with E-state index in [1.807, 2.05) is 30.3 Å². The molecule has 0 saturated heterocycles. The van der Waals surface area contributed by atoms with Crippen molar-refractivity contribution in [2.75, 3.05) is 0 Å². The fourth-order valence-corrected chi connectivity index (χ4v) is 0.918. The van der Waals surface area contributed by atoms with E-state index in [0.29, 0.717) is 0 Å². The van der Waals surface area contributed by atoms with Crippen LogP contribution < -0.4 is 0 Å². The van der Waals surface area contributed by atoms with Gasteiger partial charge in [0.15, 0.2) is 0 Å².